The molecule has 15 aromatic heterocycles. The molecule has 0 saturated carbocycles. The van der Waals surface area contributed by atoms with Gasteiger partial charge in [0, 0.05) is 105 Å². The van der Waals surface area contributed by atoms with E-state index in [4.69, 9.17) is 61.8 Å². The molecule has 0 spiro atoms. The first-order chi connectivity index (χ1) is 61.0. The lowest BCUT2D eigenvalue weighted by atomic mass is 10.1. The highest BCUT2D eigenvalue weighted by molar-refractivity contribution is 6.35. The van der Waals surface area contributed by atoms with Crippen LogP contribution < -0.4 is 49.7 Å². The molecule has 125 heavy (non-hydrogen) atoms. The Morgan fingerprint density at radius 2 is 0.976 bits per heavy atom. The number of benzene rings is 4. The van der Waals surface area contributed by atoms with Crippen LogP contribution in [0.15, 0.2) is 219 Å². The molecule has 19 aromatic rings. The molecule has 1 fully saturated rings. The van der Waals surface area contributed by atoms with Gasteiger partial charge in [-0.05, 0) is 167 Å². The standard InChI is InChI=1S/C25H24N8O2.C22H19N7O.C21H15Cl2N7O.C21H19N5O3/c1-34-18-3-4-19-21(12-18)27-11-9-22(19)35-15-25-31-30-24-7-5-20(32-33(24)25)16-2-6-23(28-13-16)29-17-8-10-26-14-17;1-14-10-18(15-6-4-3-5-7-15)28-29-20(26-27-22(14)29)13-24-17-8-9-23-19-11-16(30-2)12-25-21(17)19;1-31-15-9-18-21(26-10-15)17(4-5-24-18)25-11-20-28-27-19-3-2-16(29-30(19)20)12-6-13(22)8-14(23)7-12;1-21(2,27)10-8-14-4-7-19-23-24-20(26(19)25-14)13-29-18-9-11-22-17-12-15(28-3)5-6-16(17)18/h2-7,9,11-13,17,26H,8,10,14-15H2,1H3,(H,28,29);3-12H,13H2,1-2H3,(H,23,24);2-10H,11H2,1H3,(H,24,25);4-7,9,11-12,27H,13H2,1-3H3. The van der Waals surface area contributed by atoms with Crippen molar-refractivity contribution < 1.29 is 33.5 Å². The van der Waals surface area contributed by atoms with Gasteiger partial charge in [0.1, 0.15) is 75.9 Å². The Labute approximate surface area is 722 Å². The molecular formula is C89H77Cl2N27O7. The first-order valence-corrected chi connectivity index (χ1v) is 40.0. The van der Waals surface area contributed by atoms with Gasteiger partial charge < -0.3 is 54.8 Å². The lowest BCUT2D eigenvalue weighted by Gasteiger charge is -2.12. The second-order valence-corrected chi connectivity index (χ2v) is 29.7. The number of nitrogens with one attached hydrogen (secondary N) is 4. The molecule has 36 heteroatoms. The maximum Gasteiger partial charge on any atom is 0.192 e. The smallest absolute Gasteiger partial charge is 0.192 e. The normalized spacial score (nSPS) is 12.4. The van der Waals surface area contributed by atoms with Gasteiger partial charge in [-0.2, -0.15) is 38.5 Å². The lowest BCUT2D eigenvalue weighted by Crippen LogP contribution is -2.22. The molecule has 34 nitrogen and oxygen atoms in total. The Hall–Kier alpha value is -15.6. The number of rotatable bonds is 21. The Morgan fingerprint density at radius 3 is 1.53 bits per heavy atom. The predicted molar refractivity (Wildman–Crippen MR) is 472 cm³/mol. The third-order valence-electron chi connectivity index (χ3n) is 19.8. The number of aliphatic hydroxyl groups is 1. The second kappa shape index (κ2) is 36.8. The Kier molecular flexibility index (Phi) is 24.1. The fourth-order valence-corrected chi connectivity index (χ4v) is 14.0. The lowest BCUT2D eigenvalue weighted by molar-refractivity contribution is 0.143. The van der Waals surface area contributed by atoms with Gasteiger partial charge in [-0.25, -0.2) is 15.0 Å². The number of nitrogens with zero attached hydrogens (tertiary/aromatic N) is 23. The van der Waals surface area contributed by atoms with Gasteiger partial charge in [-0.3, -0.25) is 19.9 Å². The Balaban J connectivity index is 0.000000118. The van der Waals surface area contributed by atoms with Crippen molar-refractivity contribution >= 4 is 107 Å². The maximum absolute atomic E-state index is 9.77. The molecule has 1 aliphatic heterocycles. The summed E-state index contributed by atoms with van der Waals surface area (Å²) in [6, 6.07) is 55.2. The van der Waals surface area contributed by atoms with Crippen molar-refractivity contribution in [3.05, 3.63) is 264 Å². The summed E-state index contributed by atoms with van der Waals surface area (Å²) >= 11 is 12.3. The van der Waals surface area contributed by atoms with Gasteiger partial charge in [-0.15, -0.1) is 40.8 Å². The van der Waals surface area contributed by atoms with Crippen LogP contribution in [0.3, 0.4) is 0 Å². The highest BCUT2D eigenvalue weighted by Gasteiger charge is 2.20. The van der Waals surface area contributed by atoms with E-state index in [2.05, 4.69) is 119 Å². The summed E-state index contributed by atoms with van der Waals surface area (Å²) in [7, 11) is 6.46. The minimum Gasteiger partial charge on any atom is -0.497 e. The fraction of sp³-hybridized carbons (Fsp3) is 0.180. The van der Waals surface area contributed by atoms with Crippen molar-refractivity contribution in [2.24, 2.45) is 0 Å². The Bertz CT molecular complexity index is 7180. The summed E-state index contributed by atoms with van der Waals surface area (Å²) in [5.74, 6) is 13.1. The number of pyridine rings is 7. The summed E-state index contributed by atoms with van der Waals surface area (Å²) in [6.07, 6.45) is 13.1. The fourth-order valence-electron chi connectivity index (χ4n) is 13.5. The number of aromatic nitrogens is 23. The van der Waals surface area contributed by atoms with Crippen LogP contribution in [0, 0.1) is 18.8 Å². The van der Waals surface area contributed by atoms with E-state index < -0.39 is 5.60 Å². The number of hydrogen-bond acceptors (Lipinski definition) is 30. The SMILES string of the molecule is COc1ccc2c(OCc3nnc4ccc(-c5ccc(NC6CCNC6)nc5)nn34)ccnc2c1.COc1ccc2c(OCc3nnc4ccc(C#CC(C)(C)O)nn34)ccnc2c1.COc1cnc2c(NCc3nnc4c(C)cc(-c5ccccc5)nn34)ccnc2c1.COc1cnc2c(NCc3nnc4ccc(-c5cc(Cl)cc(Cl)c5)nn34)ccnc2c1. The quantitative estimate of drug-likeness (QED) is 0.0417. The van der Waals surface area contributed by atoms with Crippen molar-refractivity contribution in [3.8, 4) is 80.1 Å². The molecule has 1 aliphatic rings. The highest BCUT2D eigenvalue weighted by Crippen LogP contribution is 2.33. The van der Waals surface area contributed by atoms with Gasteiger partial charge in [0.2, 0.25) is 0 Å². The average molecular weight is 1710 g/mol. The van der Waals surface area contributed by atoms with Crippen LogP contribution in [0.4, 0.5) is 17.2 Å². The molecule has 0 aliphatic carbocycles. The highest BCUT2D eigenvalue weighted by atomic mass is 35.5. The minimum atomic E-state index is -1.10. The summed E-state index contributed by atoms with van der Waals surface area (Å²) in [5.41, 5.74) is 14.4. The number of halogens is 2. The van der Waals surface area contributed by atoms with Crippen molar-refractivity contribution in [3.63, 3.8) is 0 Å². The molecule has 1 atom stereocenters. The van der Waals surface area contributed by atoms with E-state index >= 15 is 0 Å². The number of ether oxygens (including phenoxy) is 6. The van der Waals surface area contributed by atoms with Gasteiger partial charge in [0.05, 0.1) is 104 Å². The van der Waals surface area contributed by atoms with E-state index in [9.17, 15) is 5.11 Å². The van der Waals surface area contributed by atoms with Crippen LogP contribution in [-0.4, -0.2) is 172 Å². The number of hydrogen-bond donors (Lipinski definition) is 5. The van der Waals surface area contributed by atoms with E-state index in [0.717, 1.165) is 131 Å². The summed E-state index contributed by atoms with van der Waals surface area (Å²) in [5, 5.41) is 78.7. The molecule has 16 heterocycles. The average Bonchev–Trinajstić information content (AvgIpc) is 1.64. The Morgan fingerprint density at radius 1 is 0.464 bits per heavy atom. The van der Waals surface area contributed by atoms with Crippen molar-refractivity contribution in [2.45, 2.75) is 65.1 Å². The van der Waals surface area contributed by atoms with E-state index in [1.807, 2.05) is 165 Å². The topological polar surface area (TPSA) is 386 Å². The summed E-state index contributed by atoms with van der Waals surface area (Å²) in [6.45, 7) is 8.46. The van der Waals surface area contributed by atoms with Gasteiger partial charge in [-0.1, -0.05) is 59.5 Å². The minimum absolute atomic E-state index is 0.168. The summed E-state index contributed by atoms with van der Waals surface area (Å²) < 4.78 is 39.9. The van der Waals surface area contributed by atoms with Crippen molar-refractivity contribution in [1.29, 1.82) is 0 Å². The zero-order valence-electron chi connectivity index (χ0n) is 68.3. The van der Waals surface area contributed by atoms with Crippen molar-refractivity contribution in [1.82, 2.24) is 119 Å². The van der Waals surface area contributed by atoms with Crippen molar-refractivity contribution in [2.75, 3.05) is 57.5 Å². The molecule has 0 radical (unpaired) electrons. The number of methoxy groups -OCH3 is 4. The van der Waals surface area contributed by atoms with E-state index in [0.29, 0.717) is 104 Å². The number of anilines is 3. The van der Waals surface area contributed by atoms with Crippen LogP contribution in [-0.2, 0) is 26.3 Å². The largest absolute Gasteiger partial charge is 0.497 e. The zero-order chi connectivity index (χ0) is 85.9. The van der Waals surface area contributed by atoms with Crippen LogP contribution in [0.1, 0.15) is 54.8 Å². The van der Waals surface area contributed by atoms with Gasteiger partial charge >= 0.3 is 0 Å². The second-order valence-electron chi connectivity index (χ2n) is 28.8. The van der Waals surface area contributed by atoms with Crippen LogP contribution in [0.5, 0.6) is 34.5 Å². The number of aryl methyl sites for hydroxylation is 1. The monoisotopic (exact) mass is 1710 g/mol. The first kappa shape index (κ1) is 81.8. The first-order valence-electron chi connectivity index (χ1n) is 39.3. The van der Waals surface area contributed by atoms with Crippen LogP contribution in [0.25, 0.3) is 100 Å². The summed E-state index contributed by atoms with van der Waals surface area (Å²) in [4.78, 5) is 31.0. The molecule has 4 aromatic carbocycles. The molecule has 1 unspecified atom stereocenters. The van der Waals surface area contributed by atoms with E-state index in [1.54, 1.807) is 122 Å². The molecule has 5 N–H and O–H groups in total. The molecule has 20 rings (SSSR count). The number of fused-ring (bicyclic) bond motifs is 8. The predicted octanol–water partition coefficient (Wildman–Crippen LogP) is 13.8. The third kappa shape index (κ3) is 19.0. The van der Waals surface area contributed by atoms with E-state index in [1.165, 1.54) is 0 Å². The van der Waals surface area contributed by atoms with Crippen LogP contribution in [0.2, 0.25) is 10.0 Å². The van der Waals surface area contributed by atoms with Gasteiger partial charge in [0.15, 0.2) is 45.9 Å². The molecule has 624 valence electrons. The molecule has 1 saturated heterocycles. The molecule has 0 bridgehead atoms. The molecular weight excluding hydrogens is 1630 g/mol. The molecule has 0 amide bonds. The zero-order valence-corrected chi connectivity index (χ0v) is 69.8. The van der Waals surface area contributed by atoms with Crippen LogP contribution >= 0.6 is 23.2 Å². The van der Waals surface area contributed by atoms with E-state index in [-0.39, 0.29) is 13.2 Å². The maximum atomic E-state index is 9.77. The van der Waals surface area contributed by atoms with Gasteiger partial charge in [0.25, 0.3) is 0 Å². The third-order valence-corrected chi connectivity index (χ3v) is 20.2.